The van der Waals surface area contributed by atoms with Crippen molar-refractivity contribution in [3.63, 3.8) is 0 Å². The number of hydrogen-bond acceptors (Lipinski definition) is 3. The normalized spacial score (nSPS) is 15.9. The minimum absolute atomic E-state index is 0.134. The third-order valence-electron chi connectivity index (χ3n) is 4.93. The molecule has 3 aromatic carbocycles. The quantitative estimate of drug-likeness (QED) is 0.605. The molecule has 3 aromatic rings. The van der Waals surface area contributed by atoms with Crippen LogP contribution in [0.1, 0.15) is 28.3 Å². The highest BCUT2D eigenvalue weighted by atomic mass is 79.9. The average Bonchev–Trinajstić information content (AvgIpc) is 2.72. The number of fused-ring (bicyclic) bond motifs is 1. The van der Waals surface area contributed by atoms with Gasteiger partial charge in [0.2, 0.25) is 0 Å². The van der Waals surface area contributed by atoms with Gasteiger partial charge >= 0.3 is 0 Å². The van der Waals surface area contributed by atoms with Gasteiger partial charge in [0.05, 0.1) is 13.2 Å². The van der Waals surface area contributed by atoms with Gasteiger partial charge in [-0.1, -0.05) is 64.5 Å². The summed E-state index contributed by atoms with van der Waals surface area (Å²) in [6.45, 7) is 1.45. The second kappa shape index (κ2) is 8.15. The van der Waals surface area contributed by atoms with Crippen molar-refractivity contribution in [2.45, 2.75) is 19.1 Å². The van der Waals surface area contributed by atoms with E-state index in [0.717, 1.165) is 34.5 Å². The molecule has 0 spiro atoms. The molecule has 1 unspecified atom stereocenters. The molecule has 3 nitrogen and oxygen atoms in total. The molecular formula is C23H22BrNO2. The fraction of sp³-hybridized carbons (Fsp3) is 0.217. The molecule has 0 bridgehead atoms. The van der Waals surface area contributed by atoms with Crippen molar-refractivity contribution in [1.82, 2.24) is 5.32 Å². The van der Waals surface area contributed by atoms with Crippen LogP contribution in [0, 0.1) is 0 Å². The van der Waals surface area contributed by atoms with Crippen molar-refractivity contribution in [2.75, 3.05) is 13.7 Å². The van der Waals surface area contributed by atoms with Crippen LogP contribution in [-0.2, 0) is 13.0 Å². The van der Waals surface area contributed by atoms with E-state index in [0.29, 0.717) is 6.61 Å². The van der Waals surface area contributed by atoms with Gasteiger partial charge in [0, 0.05) is 11.0 Å². The van der Waals surface area contributed by atoms with Crippen molar-refractivity contribution in [3.8, 4) is 11.5 Å². The maximum absolute atomic E-state index is 6.13. The maximum atomic E-state index is 6.13. The number of rotatable bonds is 5. The molecule has 1 aliphatic heterocycles. The van der Waals surface area contributed by atoms with E-state index in [1.807, 2.05) is 24.3 Å². The lowest BCUT2D eigenvalue weighted by Crippen LogP contribution is -2.30. The van der Waals surface area contributed by atoms with Crippen LogP contribution >= 0.6 is 15.9 Å². The van der Waals surface area contributed by atoms with Crippen LogP contribution in [0.15, 0.2) is 71.2 Å². The van der Waals surface area contributed by atoms with E-state index < -0.39 is 0 Å². The molecule has 0 radical (unpaired) electrons. The number of halogens is 1. The molecule has 0 fully saturated rings. The van der Waals surface area contributed by atoms with Gasteiger partial charge < -0.3 is 14.8 Å². The van der Waals surface area contributed by atoms with Gasteiger partial charge in [0.25, 0.3) is 0 Å². The third-order valence-corrected chi connectivity index (χ3v) is 5.65. The zero-order chi connectivity index (χ0) is 18.6. The van der Waals surface area contributed by atoms with E-state index in [4.69, 9.17) is 9.47 Å². The fourth-order valence-corrected chi connectivity index (χ4v) is 4.07. The van der Waals surface area contributed by atoms with Crippen LogP contribution in [0.2, 0.25) is 0 Å². The Labute approximate surface area is 168 Å². The molecule has 1 heterocycles. The van der Waals surface area contributed by atoms with Gasteiger partial charge in [-0.15, -0.1) is 0 Å². The van der Waals surface area contributed by atoms with Crippen LogP contribution in [-0.4, -0.2) is 13.7 Å². The Morgan fingerprint density at radius 2 is 1.74 bits per heavy atom. The first-order valence-corrected chi connectivity index (χ1v) is 9.91. The van der Waals surface area contributed by atoms with Crippen molar-refractivity contribution >= 4 is 15.9 Å². The van der Waals surface area contributed by atoms with E-state index >= 15 is 0 Å². The second-order valence-corrected chi connectivity index (χ2v) is 7.49. The lowest BCUT2D eigenvalue weighted by atomic mass is 9.89. The highest BCUT2D eigenvalue weighted by Crippen LogP contribution is 2.39. The van der Waals surface area contributed by atoms with Crippen molar-refractivity contribution in [3.05, 3.63) is 93.5 Å². The summed E-state index contributed by atoms with van der Waals surface area (Å²) < 4.78 is 12.8. The van der Waals surface area contributed by atoms with Gasteiger partial charge in [-0.05, 0) is 46.9 Å². The van der Waals surface area contributed by atoms with Crippen LogP contribution in [0.5, 0.6) is 11.5 Å². The Hall–Kier alpha value is -2.30. The molecule has 0 aliphatic carbocycles. The van der Waals surface area contributed by atoms with Gasteiger partial charge in [-0.3, -0.25) is 0 Å². The summed E-state index contributed by atoms with van der Waals surface area (Å²) >= 11 is 3.70. The van der Waals surface area contributed by atoms with Gasteiger partial charge in [-0.2, -0.15) is 0 Å². The van der Waals surface area contributed by atoms with Crippen molar-refractivity contribution in [1.29, 1.82) is 0 Å². The first-order chi connectivity index (χ1) is 13.3. The molecular weight excluding hydrogens is 402 g/mol. The lowest BCUT2D eigenvalue weighted by molar-refractivity contribution is 0.283. The molecule has 1 N–H and O–H groups in total. The standard InChI is InChI=1S/C23H22BrNO2/c1-26-21-13-17-11-12-25-23(18-9-5-6-10-20(18)24)19(17)14-22(21)27-15-16-7-3-2-4-8-16/h2-10,13-14,23,25H,11-12,15H2,1H3. The zero-order valence-corrected chi connectivity index (χ0v) is 16.8. The minimum atomic E-state index is 0.134. The molecule has 27 heavy (non-hydrogen) atoms. The Morgan fingerprint density at radius 3 is 2.52 bits per heavy atom. The highest BCUT2D eigenvalue weighted by molar-refractivity contribution is 9.10. The molecule has 4 heteroatoms. The van der Waals surface area contributed by atoms with E-state index in [2.05, 4.69) is 63.7 Å². The summed E-state index contributed by atoms with van der Waals surface area (Å²) in [4.78, 5) is 0. The summed E-state index contributed by atoms with van der Waals surface area (Å²) in [6, 6.07) is 22.9. The number of ether oxygens (including phenoxy) is 2. The monoisotopic (exact) mass is 423 g/mol. The second-order valence-electron chi connectivity index (χ2n) is 6.63. The molecule has 0 saturated carbocycles. The van der Waals surface area contributed by atoms with Crippen LogP contribution in [0.3, 0.4) is 0 Å². The first-order valence-electron chi connectivity index (χ1n) is 9.11. The van der Waals surface area contributed by atoms with Gasteiger partial charge in [0.15, 0.2) is 11.5 Å². The van der Waals surface area contributed by atoms with Gasteiger partial charge in [-0.25, -0.2) is 0 Å². The van der Waals surface area contributed by atoms with Crippen molar-refractivity contribution in [2.24, 2.45) is 0 Å². The summed E-state index contributed by atoms with van der Waals surface area (Å²) in [6.07, 6.45) is 0.978. The summed E-state index contributed by atoms with van der Waals surface area (Å²) in [5.74, 6) is 1.57. The zero-order valence-electron chi connectivity index (χ0n) is 15.2. The molecule has 0 aromatic heterocycles. The fourth-order valence-electron chi connectivity index (χ4n) is 3.56. The van der Waals surface area contributed by atoms with Crippen LogP contribution < -0.4 is 14.8 Å². The van der Waals surface area contributed by atoms with Gasteiger partial charge in [0.1, 0.15) is 6.61 Å². The SMILES string of the molecule is COc1cc2c(cc1OCc1ccccc1)C(c1ccccc1Br)NCC2. The third kappa shape index (κ3) is 3.87. The van der Waals surface area contributed by atoms with Crippen LogP contribution in [0.4, 0.5) is 0 Å². The first kappa shape index (κ1) is 18.1. The summed E-state index contributed by atoms with van der Waals surface area (Å²) in [7, 11) is 1.70. The Balaban J connectivity index is 1.69. The molecule has 4 rings (SSSR count). The molecule has 1 aliphatic rings. The van der Waals surface area contributed by atoms with E-state index in [1.165, 1.54) is 16.7 Å². The molecule has 0 amide bonds. The summed E-state index contributed by atoms with van der Waals surface area (Å²) in [5.41, 5.74) is 4.92. The van der Waals surface area contributed by atoms with E-state index in [-0.39, 0.29) is 6.04 Å². The highest BCUT2D eigenvalue weighted by Gasteiger charge is 2.25. The predicted molar refractivity (Wildman–Crippen MR) is 111 cm³/mol. The average molecular weight is 424 g/mol. The number of nitrogens with one attached hydrogen (secondary N) is 1. The number of hydrogen-bond donors (Lipinski definition) is 1. The maximum Gasteiger partial charge on any atom is 0.162 e. The Kier molecular flexibility index (Phi) is 5.46. The lowest BCUT2D eigenvalue weighted by Gasteiger charge is -2.29. The predicted octanol–water partition coefficient (Wildman–Crippen LogP) is 5.27. The topological polar surface area (TPSA) is 30.5 Å². The largest absolute Gasteiger partial charge is 0.493 e. The van der Waals surface area contributed by atoms with E-state index in [1.54, 1.807) is 7.11 Å². The smallest absolute Gasteiger partial charge is 0.162 e. The van der Waals surface area contributed by atoms with E-state index in [9.17, 15) is 0 Å². The molecule has 1 atom stereocenters. The summed E-state index contributed by atoms with van der Waals surface area (Å²) in [5, 5.41) is 3.64. The number of methoxy groups -OCH3 is 1. The van der Waals surface area contributed by atoms with Crippen LogP contribution in [0.25, 0.3) is 0 Å². The Morgan fingerprint density at radius 1 is 0.963 bits per heavy atom. The number of benzene rings is 3. The Bertz CT molecular complexity index is 927. The van der Waals surface area contributed by atoms with Crippen molar-refractivity contribution < 1.29 is 9.47 Å². The molecule has 138 valence electrons. The molecule has 0 saturated heterocycles. The minimum Gasteiger partial charge on any atom is -0.493 e.